The molecule has 1 aliphatic heterocycles. The average molecular weight is 253 g/mol. The van der Waals surface area contributed by atoms with E-state index in [1.807, 2.05) is 17.8 Å². The van der Waals surface area contributed by atoms with Crippen molar-refractivity contribution in [2.24, 2.45) is 12.5 Å². The zero-order valence-electron chi connectivity index (χ0n) is 9.76. The Hall–Kier alpha value is -1.35. The fourth-order valence-electron chi connectivity index (χ4n) is 2.25. The first-order valence-electron chi connectivity index (χ1n) is 5.54. The molecule has 1 aromatic rings. The van der Waals surface area contributed by atoms with Crippen LogP contribution in [0.3, 0.4) is 0 Å². The zero-order valence-corrected chi connectivity index (χ0v) is 10.6. The minimum atomic E-state index is -3.02. The molecule has 1 aromatic heterocycles. The summed E-state index contributed by atoms with van der Waals surface area (Å²) in [4.78, 5) is 4.18. The first kappa shape index (κ1) is 12.1. The predicted molar refractivity (Wildman–Crippen MR) is 62.8 cm³/mol. The molecule has 1 fully saturated rings. The van der Waals surface area contributed by atoms with E-state index < -0.39 is 15.3 Å². The molecule has 5 nitrogen and oxygen atoms in total. The van der Waals surface area contributed by atoms with Crippen LogP contribution in [0.15, 0.2) is 12.4 Å². The molecule has 0 N–H and O–H groups in total. The summed E-state index contributed by atoms with van der Waals surface area (Å²) in [5, 5.41) is 9.21. The van der Waals surface area contributed by atoms with Crippen molar-refractivity contribution in [2.75, 3.05) is 11.5 Å². The average Bonchev–Trinajstić information content (AvgIpc) is 2.81. The summed E-state index contributed by atoms with van der Waals surface area (Å²) < 4.78 is 24.8. The number of hydrogen-bond donors (Lipinski definition) is 0. The fraction of sp³-hybridized carbons (Fsp3) is 0.636. The number of rotatable bonds is 3. The van der Waals surface area contributed by atoms with Crippen LogP contribution in [0.5, 0.6) is 0 Å². The van der Waals surface area contributed by atoms with Crippen molar-refractivity contribution < 1.29 is 8.42 Å². The van der Waals surface area contributed by atoms with Gasteiger partial charge in [-0.05, 0) is 12.8 Å². The van der Waals surface area contributed by atoms with E-state index in [1.165, 1.54) is 0 Å². The number of nitrogens with zero attached hydrogens (tertiary/aromatic N) is 3. The van der Waals surface area contributed by atoms with Crippen molar-refractivity contribution in [2.45, 2.75) is 19.3 Å². The van der Waals surface area contributed by atoms with Gasteiger partial charge in [0.2, 0.25) is 0 Å². The van der Waals surface area contributed by atoms with Crippen LogP contribution in [0.2, 0.25) is 0 Å². The van der Waals surface area contributed by atoms with E-state index >= 15 is 0 Å². The van der Waals surface area contributed by atoms with Crippen molar-refractivity contribution in [1.29, 1.82) is 5.26 Å². The van der Waals surface area contributed by atoms with Crippen LogP contribution in [0.4, 0.5) is 0 Å². The number of sulfone groups is 1. The summed E-state index contributed by atoms with van der Waals surface area (Å²) in [6.07, 6.45) is 5.22. The Bertz CT molecular complexity index is 556. The molecule has 1 aliphatic rings. The summed E-state index contributed by atoms with van der Waals surface area (Å²) in [7, 11) is -1.12. The molecule has 0 bridgehead atoms. The van der Waals surface area contributed by atoms with E-state index in [-0.39, 0.29) is 11.5 Å². The molecule has 0 saturated carbocycles. The Balaban J connectivity index is 2.08. The van der Waals surface area contributed by atoms with E-state index in [9.17, 15) is 13.7 Å². The first-order valence-corrected chi connectivity index (χ1v) is 7.36. The maximum absolute atomic E-state index is 11.5. The van der Waals surface area contributed by atoms with Crippen LogP contribution in [-0.4, -0.2) is 29.5 Å². The molecule has 0 aromatic carbocycles. The highest BCUT2D eigenvalue weighted by molar-refractivity contribution is 7.91. The van der Waals surface area contributed by atoms with Crippen molar-refractivity contribution in [1.82, 2.24) is 9.55 Å². The molecule has 2 heterocycles. The first-order chi connectivity index (χ1) is 7.96. The van der Waals surface area contributed by atoms with Crippen LogP contribution in [-0.2, 0) is 23.3 Å². The Morgan fingerprint density at radius 2 is 2.41 bits per heavy atom. The Labute approximate surface area is 101 Å². The van der Waals surface area contributed by atoms with E-state index in [2.05, 4.69) is 11.1 Å². The molecule has 1 saturated heterocycles. The molecule has 1 atom stereocenters. The Kier molecular flexibility index (Phi) is 2.96. The maximum atomic E-state index is 11.5. The van der Waals surface area contributed by atoms with Gasteiger partial charge in [-0.25, -0.2) is 13.4 Å². The molecule has 17 heavy (non-hydrogen) atoms. The monoisotopic (exact) mass is 253 g/mol. The lowest BCUT2D eigenvalue weighted by Crippen LogP contribution is -2.21. The van der Waals surface area contributed by atoms with Crippen molar-refractivity contribution >= 4 is 9.84 Å². The second-order valence-corrected chi connectivity index (χ2v) is 6.87. The number of aryl methyl sites for hydroxylation is 2. The van der Waals surface area contributed by atoms with Gasteiger partial charge in [0.25, 0.3) is 0 Å². The minimum Gasteiger partial charge on any atom is -0.338 e. The molecule has 0 amide bonds. The van der Waals surface area contributed by atoms with Gasteiger partial charge in [0.05, 0.1) is 23.0 Å². The highest BCUT2D eigenvalue weighted by atomic mass is 32.2. The van der Waals surface area contributed by atoms with Gasteiger partial charge in [-0.15, -0.1) is 0 Å². The highest BCUT2D eigenvalue weighted by Gasteiger charge is 2.42. The molecule has 0 radical (unpaired) electrons. The number of hydrogen-bond acceptors (Lipinski definition) is 4. The number of imidazole rings is 1. The normalized spacial score (nSPS) is 26.8. The summed E-state index contributed by atoms with van der Waals surface area (Å²) in [6, 6.07) is 2.20. The summed E-state index contributed by atoms with van der Waals surface area (Å²) in [5.74, 6) is 1.03. The SMILES string of the molecule is Cn1ccnc1CCC1(C#N)CCS(=O)(=O)C1. The van der Waals surface area contributed by atoms with Crippen LogP contribution in [0.1, 0.15) is 18.7 Å². The lowest BCUT2D eigenvalue weighted by molar-refractivity contribution is 0.409. The topological polar surface area (TPSA) is 75.8 Å². The molecular weight excluding hydrogens is 238 g/mol. The van der Waals surface area contributed by atoms with Gasteiger partial charge in [0, 0.05) is 25.9 Å². The summed E-state index contributed by atoms with van der Waals surface area (Å²) in [6.45, 7) is 0. The van der Waals surface area contributed by atoms with Crippen molar-refractivity contribution in [3.05, 3.63) is 18.2 Å². The van der Waals surface area contributed by atoms with Gasteiger partial charge in [-0.2, -0.15) is 5.26 Å². The molecule has 2 rings (SSSR count). The lowest BCUT2D eigenvalue weighted by atomic mass is 9.84. The quantitative estimate of drug-likeness (QED) is 0.794. The van der Waals surface area contributed by atoms with Crippen molar-refractivity contribution in [3.8, 4) is 6.07 Å². The Morgan fingerprint density at radius 3 is 2.88 bits per heavy atom. The summed E-state index contributed by atoms with van der Waals surface area (Å²) >= 11 is 0. The molecule has 0 spiro atoms. The van der Waals surface area contributed by atoms with E-state index in [4.69, 9.17) is 0 Å². The van der Waals surface area contributed by atoms with E-state index in [1.54, 1.807) is 6.20 Å². The highest BCUT2D eigenvalue weighted by Crippen LogP contribution is 2.35. The third-order valence-electron chi connectivity index (χ3n) is 3.37. The molecule has 1 unspecified atom stereocenters. The predicted octanol–water partition coefficient (Wildman–Crippen LogP) is 0.681. The second kappa shape index (κ2) is 4.15. The zero-order chi connectivity index (χ0) is 12.5. The number of aromatic nitrogens is 2. The third-order valence-corrected chi connectivity index (χ3v) is 5.19. The smallest absolute Gasteiger partial charge is 0.151 e. The Morgan fingerprint density at radius 1 is 1.65 bits per heavy atom. The summed E-state index contributed by atoms with van der Waals surface area (Å²) in [5.41, 5.74) is -0.704. The van der Waals surface area contributed by atoms with Gasteiger partial charge in [-0.3, -0.25) is 0 Å². The maximum Gasteiger partial charge on any atom is 0.151 e. The minimum absolute atomic E-state index is 0.000916. The van der Waals surface area contributed by atoms with Crippen LogP contribution < -0.4 is 0 Å². The lowest BCUT2D eigenvalue weighted by Gasteiger charge is -2.17. The van der Waals surface area contributed by atoms with Gasteiger partial charge >= 0.3 is 0 Å². The molecule has 6 heteroatoms. The van der Waals surface area contributed by atoms with E-state index in [0.29, 0.717) is 19.3 Å². The van der Waals surface area contributed by atoms with Crippen LogP contribution >= 0.6 is 0 Å². The molecular formula is C11H15N3O2S. The standard InChI is InChI=1S/C11H15N3O2S/c1-14-6-5-13-10(14)2-3-11(8-12)4-7-17(15,16)9-11/h5-6H,2-4,7,9H2,1H3. The van der Waals surface area contributed by atoms with Gasteiger partial charge in [0.1, 0.15) is 5.82 Å². The largest absolute Gasteiger partial charge is 0.338 e. The van der Waals surface area contributed by atoms with E-state index in [0.717, 1.165) is 5.82 Å². The number of nitriles is 1. The fourth-order valence-corrected chi connectivity index (χ4v) is 4.29. The second-order valence-electron chi connectivity index (χ2n) is 4.69. The van der Waals surface area contributed by atoms with Crippen molar-refractivity contribution in [3.63, 3.8) is 0 Å². The van der Waals surface area contributed by atoms with Gasteiger partial charge in [-0.1, -0.05) is 0 Å². The van der Waals surface area contributed by atoms with Crippen LogP contribution in [0.25, 0.3) is 0 Å². The third kappa shape index (κ3) is 2.50. The molecule has 92 valence electrons. The van der Waals surface area contributed by atoms with Gasteiger partial charge in [0.15, 0.2) is 9.84 Å². The molecule has 0 aliphatic carbocycles. The van der Waals surface area contributed by atoms with Crippen LogP contribution in [0, 0.1) is 16.7 Å². The van der Waals surface area contributed by atoms with Gasteiger partial charge < -0.3 is 4.57 Å².